The number of aliphatic hydroxyl groups excluding tert-OH is 1. The smallest absolute Gasteiger partial charge is 0.270 e. The number of amides is 1. The number of β-amino-alcohol motifs (C(OH)–C–C–N with tert-alkyl or cyclic N) is 1. The average molecular weight is 489 g/mol. The van der Waals surface area contributed by atoms with Crippen LogP contribution < -0.4 is 10.6 Å². The van der Waals surface area contributed by atoms with Gasteiger partial charge in [-0.1, -0.05) is 24.3 Å². The highest BCUT2D eigenvalue weighted by atomic mass is 32.2. The molecule has 34 heavy (non-hydrogen) atoms. The lowest BCUT2D eigenvalue weighted by Crippen LogP contribution is -2.55. The number of anilines is 1. The van der Waals surface area contributed by atoms with Crippen LogP contribution in [0.4, 0.5) is 5.82 Å². The van der Waals surface area contributed by atoms with Crippen molar-refractivity contribution in [1.29, 1.82) is 0 Å². The molecule has 0 bridgehead atoms. The molecule has 1 fully saturated rings. The molecule has 0 aliphatic carbocycles. The van der Waals surface area contributed by atoms with Gasteiger partial charge in [0.2, 0.25) is 0 Å². The first-order valence-corrected chi connectivity index (χ1v) is 13.6. The van der Waals surface area contributed by atoms with Crippen LogP contribution in [0.2, 0.25) is 0 Å². The van der Waals surface area contributed by atoms with E-state index in [4.69, 9.17) is 0 Å². The third-order valence-electron chi connectivity index (χ3n) is 6.16. The number of hydrogen-bond donors (Lipinski definition) is 3. The summed E-state index contributed by atoms with van der Waals surface area (Å²) in [7, 11) is -2.97. The summed E-state index contributed by atoms with van der Waals surface area (Å²) >= 11 is 0. The molecule has 3 N–H and O–H groups in total. The minimum absolute atomic E-state index is 0.141. The average Bonchev–Trinajstić information content (AvgIpc) is 2.78. The summed E-state index contributed by atoms with van der Waals surface area (Å²) in [5.41, 5.74) is 2.87. The van der Waals surface area contributed by atoms with Crippen LogP contribution in [0.3, 0.4) is 0 Å². The molecule has 4 rings (SSSR count). The number of aliphatic hydroxyl groups is 1. The summed E-state index contributed by atoms with van der Waals surface area (Å²) in [6.07, 6.45) is 2.85. The lowest BCUT2D eigenvalue weighted by Gasteiger charge is -2.39. The van der Waals surface area contributed by atoms with Crippen LogP contribution in [0.5, 0.6) is 0 Å². The number of fused-ring (bicyclic) bond motifs is 1. The van der Waals surface area contributed by atoms with Gasteiger partial charge in [0.15, 0.2) is 0 Å². The highest BCUT2D eigenvalue weighted by molar-refractivity contribution is 7.90. The Bertz CT molecular complexity index is 1110. The van der Waals surface area contributed by atoms with E-state index in [1.165, 1.54) is 23.7 Å². The first kappa shape index (κ1) is 24.5. The standard InChI is InChI=1S/C23H32N6O4S/c1-34(32,33)9-8-29-13-19(14-29)27-22-10-21(25-16-26-22)23(31)24-11-20(30)15-28-7-6-17-4-2-3-5-18(17)12-28/h2-5,10,16,19-20,30H,6-9,11-15H2,1H3,(H,24,31)(H,25,26,27). The number of carbonyl (C=O) groups is 1. The van der Waals surface area contributed by atoms with E-state index in [0.29, 0.717) is 32.0 Å². The molecule has 0 radical (unpaired) electrons. The normalized spacial score (nSPS) is 18.1. The Hall–Kier alpha value is -2.60. The highest BCUT2D eigenvalue weighted by Crippen LogP contribution is 2.18. The predicted octanol–water partition coefficient (Wildman–Crippen LogP) is -0.234. The van der Waals surface area contributed by atoms with Crippen LogP contribution in [0, 0.1) is 0 Å². The second kappa shape index (κ2) is 10.8. The molecule has 1 atom stereocenters. The van der Waals surface area contributed by atoms with Crippen molar-refractivity contribution in [3.63, 3.8) is 0 Å². The molecule has 1 unspecified atom stereocenters. The van der Waals surface area contributed by atoms with E-state index < -0.39 is 15.9 Å². The third kappa shape index (κ3) is 6.95. The van der Waals surface area contributed by atoms with Gasteiger partial charge in [0, 0.05) is 58.1 Å². The fourth-order valence-corrected chi connectivity index (χ4v) is 4.87. The largest absolute Gasteiger partial charge is 0.390 e. The maximum Gasteiger partial charge on any atom is 0.270 e. The molecule has 2 aliphatic heterocycles. The molecule has 1 aromatic carbocycles. The lowest BCUT2D eigenvalue weighted by molar-refractivity contribution is 0.0838. The van der Waals surface area contributed by atoms with E-state index in [0.717, 1.165) is 19.5 Å². The zero-order valence-electron chi connectivity index (χ0n) is 19.4. The molecule has 10 nitrogen and oxygen atoms in total. The number of benzene rings is 1. The molecule has 2 aromatic rings. The van der Waals surface area contributed by atoms with Crippen molar-refractivity contribution in [2.45, 2.75) is 25.1 Å². The minimum atomic E-state index is -2.97. The maximum atomic E-state index is 12.5. The minimum Gasteiger partial charge on any atom is -0.390 e. The van der Waals surface area contributed by atoms with Crippen molar-refractivity contribution in [1.82, 2.24) is 25.1 Å². The molecule has 1 saturated heterocycles. The molecule has 184 valence electrons. The summed E-state index contributed by atoms with van der Waals surface area (Å²) in [5.74, 6) is 0.325. The number of nitrogens with zero attached hydrogens (tertiary/aromatic N) is 4. The molecule has 2 aliphatic rings. The summed E-state index contributed by atoms with van der Waals surface area (Å²) in [6.45, 7) is 4.26. The second-order valence-corrected chi connectivity index (χ2v) is 11.4. The van der Waals surface area contributed by atoms with Crippen molar-refractivity contribution in [3.05, 3.63) is 53.5 Å². The van der Waals surface area contributed by atoms with Crippen molar-refractivity contribution >= 4 is 21.6 Å². The van der Waals surface area contributed by atoms with Gasteiger partial charge in [-0.3, -0.25) is 14.6 Å². The van der Waals surface area contributed by atoms with Gasteiger partial charge in [-0.25, -0.2) is 18.4 Å². The Morgan fingerprint density at radius 3 is 2.74 bits per heavy atom. The Morgan fingerprint density at radius 2 is 1.97 bits per heavy atom. The molecule has 3 heterocycles. The van der Waals surface area contributed by atoms with Gasteiger partial charge in [-0.15, -0.1) is 0 Å². The number of hydrogen-bond acceptors (Lipinski definition) is 9. The zero-order chi connectivity index (χ0) is 24.1. The molecular weight excluding hydrogens is 456 g/mol. The maximum absolute atomic E-state index is 12.5. The SMILES string of the molecule is CS(=O)(=O)CCN1CC(Nc2cc(C(=O)NCC(O)CN3CCc4ccccc4C3)ncn2)C1. The van der Waals surface area contributed by atoms with E-state index in [9.17, 15) is 18.3 Å². The molecule has 0 saturated carbocycles. The van der Waals surface area contributed by atoms with E-state index in [-0.39, 0.29) is 29.9 Å². The highest BCUT2D eigenvalue weighted by Gasteiger charge is 2.27. The first-order chi connectivity index (χ1) is 16.2. The second-order valence-electron chi connectivity index (χ2n) is 9.14. The van der Waals surface area contributed by atoms with E-state index in [1.54, 1.807) is 6.07 Å². The number of aromatic nitrogens is 2. The fourth-order valence-electron chi connectivity index (χ4n) is 4.28. The quantitative estimate of drug-likeness (QED) is 0.415. The van der Waals surface area contributed by atoms with E-state index in [1.807, 2.05) is 6.07 Å². The Morgan fingerprint density at radius 1 is 1.21 bits per heavy atom. The van der Waals surface area contributed by atoms with E-state index in [2.05, 4.69) is 48.6 Å². The summed E-state index contributed by atoms with van der Waals surface area (Å²) in [6, 6.07) is 10.1. The Kier molecular flexibility index (Phi) is 7.77. The Labute approximate surface area is 200 Å². The topological polar surface area (TPSA) is 128 Å². The van der Waals surface area contributed by atoms with Crippen LogP contribution in [-0.4, -0.2) is 103 Å². The molecule has 1 aromatic heterocycles. The van der Waals surface area contributed by atoms with Gasteiger partial charge >= 0.3 is 0 Å². The molecule has 11 heteroatoms. The van der Waals surface area contributed by atoms with Gasteiger partial charge in [-0.2, -0.15) is 0 Å². The third-order valence-corrected chi connectivity index (χ3v) is 7.09. The first-order valence-electron chi connectivity index (χ1n) is 11.5. The molecule has 0 spiro atoms. The van der Waals surface area contributed by atoms with Crippen molar-refractivity contribution in [2.24, 2.45) is 0 Å². The number of carbonyl (C=O) groups excluding carboxylic acids is 1. The van der Waals surface area contributed by atoms with Crippen LogP contribution >= 0.6 is 0 Å². The lowest BCUT2D eigenvalue weighted by atomic mass is 10.00. The fraction of sp³-hybridized carbons (Fsp3) is 0.522. The van der Waals surface area contributed by atoms with Crippen LogP contribution in [-0.2, 0) is 22.8 Å². The number of nitrogens with one attached hydrogen (secondary N) is 2. The van der Waals surface area contributed by atoms with Gasteiger partial charge in [0.25, 0.3) is 5.91 Å². The van der Waals surface area contributed by atoms with Crippen LogP contribution in [0.1, 0.15) is 21.6 Å². The predicted molar refractivity (Wildman–Crippen MR) is 129 cm³/mol. The number of rotatable bonds is 10. The van der Waals surface area contributed by atoms with Gasteiger partial charge < -0.3 is 15.7 Å². The molecule has 1 amide bonds. The van der Waals surface area contributed by atoms with Gasteiger partial charge in [-0.05, 0) is 17.5 Å². The number of likely N-dealkylation sites (tertiary alicyclic amines) is 1. The number of sulfone groups is 1. The monoisotopic (exact) mass is 488 g/mol. The summed E-state index contributed by atoms with van der Waals surface area (Å²) in [4.78, 5) is 25.0. The van der Waals surface area contributed by atoms with Crippen LogP contribution in [0.15, 0.2) is 36.7 Å². The van der Waals surface area contributed by atoms with Gasteiger partial charge in [0.1, 0.15) is 27.7 Å². The molecular formula is C23H32N6O4S. The van der Waals surface area contributed by atoms with Crippen molar-refractivity contribution in [2.75, 3.05) is 56.6 Å². The van der Waals surface area contributed by atoms with Crippen LogP contribution in [0.25, 0.3) is 0 Å². The summed E-state index contributed by atoms with van der Waals surface area (Å²) in [5, 5.41) is 16.4. The zero-order valence-corrected chi connectivity index (χ0v) is 20.2. The Balaban J connectivity index is 1.19. The van der Waals surface area contributed by atoms with E-state index >= 15 is 0 Å². The van der Waals surface area contributed by atoms with Crippen molar-refractivity contribution < 1.29 is 18.3 Å². The van der Waals surface area contributed by atoms with Crippen molar-refractivity contribution in [3.8, 4) is 0 Å². The summed E-state index contributed by atoms with van der Waals surface area (Å²) < 4.78 is 22.5. The van der Waals surface area contributed by atoms with Gasteiger partial charge in [0.05, 0.1) is 17.9 Å².